The predicted octanol–water partition coefficient (Wildman–Crippen LogP) is 2.40. The number of hydrogen-bond donors (Lipinski definition) is 1. The van der Waals surface area contributed by atoms with E-state index in [9.17, 15) is 8.42 Å². The van der Waals surface area contributed by atoms with Gasteiger partial charge < -0.3 is 9.64 Å². The molecule has 0 saturated carbocycles. The highest BCUT2D eigenvalue weighted by molar-refractivity contribution is 7.89. The molecule has 1 aromatic rings. The van der Waals surface area contributed by atoms with Crippen molar-refractivity contribution in [2.24, 2.45) is 0 Å². The zero-order valence-electron chi connectivity index (χ0n) is 14.1. The molecule has 0 aliphatic heterocycles. The first kappa shape index (κ1) is 18.9. The van der Waals surface area contributed by atoms with Gasteiger partial charge in [0.2, 0.25) is 10.0 Å². The number of rotatable bonds is 10. The zero-order valence-corrected chi connectivity index (χ0v) is 14.9. The lowest BCUT2D eigenvalue weighted by Gasteiger charge is -2.18. The highest BCUT2D eigenvalue weighted by Gasteiger charge is 2.19. The Balaban J connectivity index is 2.72. The van der Waals surface area contributed by atoms with Gasteiger partial charge in [0, 0.05) is 6.54 Å². The minimum atomic E-state index is -3.54. The number of sulfonamides is 1. The highest BCUT2D eigenvalue weighted by atomic mass is 32.2. The molecule has 1 rings (SSSR count). The highest BCUT2D eigenvalue weighted by Crippen LogP contribution is 2.24. The molecule has 0 aliphatic carbocycles. The standard InChI is InChI=1S/C16H28N2O3S/c1-5-18(6-2)12-8-11-17-22(19,20)16-13-14(4)9-10-15(16)21-7-3/h9-10,13,17H,5-8,11-12H2,1-4H3. The number of nitrogens with zero attached hydrogens (tertiary/aromatic N) is 1. The minimum absolute atomic E-state index is 0.220. The van der Waals surface area contributed by atoms with Crippen LogP contribution in [0.1, 0.15) is 32.8 Å². The molecule has 0 spiro atoms. The third kappa shape index (κ3) is 5.59. The fourth-order valence-corrected chi connectivity index (χ4v) is 3.53. The smallest absolute Gasteiger partial charge is 0.244 e. The van der Waals surface area contributed by atoms with Gasteiger partial charge in [-0.25, -0.2) is 13.1 Å². The summed E-state index contributed by atoms with van der Waals surface area (Å²) in [6.45, 7) is 11.6. The fraction of sp³-hybridized carbons (Fsp3) is 0.625. The molecular formula is C16H28N2O3S. The van der Waals surface area contributed by atoms with Crippen LogP contribution in [-0.4, -0.2) is 46.1 Å². The van der Waals surface area contributed by atoms with Gasteiger partial charge in [-0.15, -0.1) is 0 Å². The Labute approximate surface area is 134 Å². The lowest BCUT2D eigenvalue weighted by molar-refractivity contribution is 0.300. The normalized spacial score (nSPS) is 11.9. The van der Waals surface area contributed by atoms with Crippen LogP contribution in [0.15, 0.2) is 23.1 Å². The number of ether oxygens (including phenoxy) is 1. The van der Waals surface area contributed by atoms with E-state index in [1.54, 1.807) is 12.1 Å². The molecule has 1 aromatic carbocycles. The maximum Gasteiger partial charge on any atom is 0.244 e. The molecule has 0 radical (unpaired) electrons. The van der Waals surface area contributed by atoms with Crippen molar-refractivity contribution >= 4 is 10.0 Å². The van der Waals surface area contributed by atoms with E-state index in [0.717, 1.165) is 31.6 Å². The largest absolute Gasteiger partial charge is 0.492 e. The first-order valence-corrected chi connectivity index (χ1v) is 9.38. The second kappa shape index (κ2) is 9.12. The van der Waals surface area contributed by atoms with E-state index in [2.05, 4.69) is 23.5 Å². The van der Waals surface area contributed by atoms with Crippen molar-refractivity contribution in [3.63, 3.8) is 0 Å². The maximum atomic E-state index is 12.5. The van der Waals surface area contributed by atoms with Gasteiger partial charge in [-0.05, 0) is 57.6 Å². The Bertz CT molecular complexity index is 555. The summed E-state index contributed by atoms with van der Waals surface area (Å²) in [6.07, 6.45) is 0.788. The lowest BCUT2D eigenvalue weighted by Crippen LogP contribution is -2.30. The van der Waals surface area contributed by atoms with Crippen LogP contribution in [0, 0.1) is 6.92 Å². The minimum Gasteiger partial charge on any atom is -0.492 e. The van der Waals surface area contributed by atoms with Gasteiger partial charge in [0.15, 0.2) is 0 Å². The van der Waals surface area contributed by atoms with Crippen molar-refractivity contribution in [3.8, 4) is 5.75 Å². The fourth-order valence-electron chi connectivity index (χ4n) is 2.23. The quantitative estimate of drug-likeness (QED) is 0.670. The van der Waals surface area contributed by atoms with Crippen LogP contribution in [0.5, 0.6) is 5.75 Å². The molecule has 0 unspecified atom stereocenters. The molecule has 6 heteroatoms. The van der Waals surface area contributed by atoms with Crippen LogP contribution in [0.4, 0.5) is 0 Å². The lowest BCUT2D eigenvalue weighted by atomic mass is 10.2. The van der Waals surface area contributed by atoms with Crippen molar-refractivity contribution < 1.29 is 13.2 Å². The Morgan fingerprint density at radius 3 is 2.45 bits per heavy atom. The average Bonchev–Trinajstić information content (AvgIpc) is 2.49. The average molecular weight is 328 g/mol. The van der Waals surface area contributed by atoms with E-state index in [-0.39, 0.29) is 4.90 Å². The van der Waals surface area contributed by atoms with Crippen molar-refractivity contribution in [3.05, 3.63) is 23.8 Å². The van der Waals surface area contributed by atoms with Crippen molar-refractivity contribution in [1.29, 1.82) is 0 Å². The number of benzene rings is 1. The van der Waals surface area contributed by atoms with Gasteiger partial charge in [-0.2, -0.15) is 0 Å². The molecule has 0 atom stereocenters. The molecular weight excluding hydrogens is 300 g/mol. The molecule has 5 nitrogen and oxygen atoms in total. The van der Waals surface area contributed by atoms with Crippen LogP contribution < -0.4 is 9.46 Å². The zero-order chi connectivity index (χ0) is 16.6. The summed E-state index contributed by atoms with van der Waals surface area (Å²) >= 11 is 0. The van der Waals surface area contributed by atoms with Gasteiger partial charge in [0.25, 0.3) is 0 Å². The molecule has 0 bridgehead atoms. The van der Waals surface area contributed by atoms with Crippen LogP contribution in [0.25, 0.3) is 0 Å². The molecule has 0 aliphatic rings. The van der Waals surface area contributed by atoms with Crippen LogP contribution in [-0.2, 0) is 10.0 Å². The van der Waals surface area contributed by atoms with Crippen LogP contribution in [0.3, 0.4) is 0 Å². The first-order chi connectivity index (χ1) is 10.4. The molecule has 0 amide bonds. The van der Waals surface area contributed by atoms with Crippen molar-refractivity contribution in [2.75, 3.05) is 32.8 Å². The Morgan fingerprint density at radius 1 is 1.18 bits per heavy atom. The van der Waals surface area contributed by atoms with Gasteiger partial charge in [0.1, 0.15) is 10.6 Å². The second-order valence-corrected chi connectivity index (χ2v) is 6.90. The number of nitrogens with one attached hydrogen (secondary N) is 1. The third-order valence-electron chi connectivity index (χ3n) is 3.53. The van der Waals surface area contributed by atoms with E-state index < -0.39 is 10.0 Å². The van der Waals surface area contributed by atoms with Gasteiger partial charge in [-0.1, -0.05) is 19.9 Å². The van der Waals surface area contributed by atoms with Gasteiger partial charge in [0.05, 0.1) is 6.61 Å². The molecule has 0 aromatic heterocycles. The van der Waals surface area contributed by atoms with Crippen LogP contribution >= 0.6 is 0 Å². The Kier molecular flexibility index (Phi) is 7.85. The number of hydrogen-bond acceptors (Lipinski definition) is 4. The van der Waals surface area contributed by atoms with E-state index in [0.29, 0.717) is 18.9 Å². The molecule has 126 valence electrons. The summed E-state index contributed by atoms with van der Waals surface area (Å²) in [5, 5.41) is 0. The molecule has 22 heavy (non-hydrogen) atoms. The Hall–Kier alpha value is -1.11. The van der Waals surface area contributed by atoms with Crippen molar-refractivity contribution in [2.45, 2.75) is 39.0 Å². The molecule has 0 saturated heterocycles. The monoisotopic (exact) mass is 328 g/mol. The summed E-state index contributed by atoms with van der Waals surface area (Å²) < 4.78 is 33.0. The SMILES string of the molecule is CCOc1ccc(C)cc1S(=O)(=O)NCCCN(CC)CC. The summed E-state index contributed by atoms with van der Waals surface area (Å²) in [7, 11) is -3.54. The van der Waals surface area contributed by atoms with E-state index in [1.165, 1.54) is 0 Å². The molecule has 0 heterocycles. The van der Waals surface area contributed by atoms with E-state index in [1.807, 2.05) is 19.9 Å². The summed E-state index contributed by atoms with van der Waals surface area (Å²) in [5.74, 6) is 0.407. The summed E-state index contributed by atoms with van der Waals surface area (Å²) in [4.78, 5) is 2.49. The Morgan fingerprint density at radius 2 is 1.86 bits per heavy atom. The topological polar surface area (TPSA) is 58.6 Å². The molecule has 0 fully saturated rings. The van der Waals surface area contributed by atoms with E-state index >= 15 is 0 Å². The number of aryl methyl sites for hydroxylation is 1. The van der Waals surface area contributed by atoms with Gasteiger partial charge >= 0.3 is 0 Å². The maximum absolute atomic E-state index is 12.5. The first-order valence-electron chi connectivity index (χ1n) is 7.90. The predicted molar refractivity (Wildman–Crippen MR) is 89.9 cm³/mol. The summed E-state index contributed by atoms with van der Waals surface area (Å²) in [6, 6.07) is 5.21. The van der Waals surface area contributed by atoms with E-state index in [4.69, 9.17) is 4.74 Å². The van der Waals surface area contributed by atoms with Crippen molar-refractivity contribution in [1.82, 2.24) is 9.62 Å². The second-order valence-electron chi connectivity index (χ2n) is 5.16. The third-order valence-corrected chi connectivity index (χ3v) is 5.01. The summed E-state index contributed by atoms with van der Waals surface area (Å²) in [5.41, 5.74) is 0.895. The molecule has 1 N–H and O–H groups in total. The van der Waals surface area contributed by atoms with Crippen LogP contribution in [0.2, 0.25) is 0 Å². The van der Waals surface area contributed by atoms with Gasteiger partial charge in [-0.3, -0.25) is 0 Å².